The van der Waals surface area contributed by atoms with Crippen LogP contribution in [0.2, 0.25) is 0 Å². The second-order valence-corrected chi connectivity index (χ2v) is 6.16. The third-order valence-corrected chi connectivity index (χ3v) is 4.46. The standard InChI is InChI=1S/C18H25N3O6/c1-11(22)21-7-5-6-12(10-21)17(23)19-20-18(24)13-8-14(25-2)16(27-4)15(9-13)26-3/h8-9,12H,5-7,10H2,1-4H3,(H,19,23)(H,20,24)/t12-/m0/s1. The number of nitrogens with zero attached hydrogens (tertiary/aromatic N) is 1. The molecule has 9 nitrogen and oxygen atoms in total. The Kier molecular flexibility index (Phi) is 6.86. The molecule has 0 aromatic heterocycles. The van der Waals surface area contributed by atoms with Crippen molar-refractivity contribution < 1.29 is 28.6 Å². The van der Waals surface area contributed by atoms with Crippen LogP contribution in [-0.4, -0.2) is 57.0 Å². The quantitative estimate of drug-likeness (QED) is 0.731. The summed E-state index contributed by atoms with van der Waals surface area (Å²) in [4.78, 5) is 37.8. The maximum absolute atomic E-state index is 12.4. The molecular formula is C18H25N3O6. The van der Waals surface area contributed by atoms with Gasteiger partial charge in [-0.1, -0.05) is 0 Å². The fraction of sp³-hybridized carbons (Fsp3) is 0.500. The van der Waals surface area contributed by atoms with Crippen LogP contribution in [0, 0.1) is 5.92 Å². The van der Waals surface area contributed by atoms with Gasteiger partial charge in [0.2, 0.25) is 17.6 Å². The monoisotopic (exact) mass is 379 g/mol. The highest BCUT2D eigenvalue weighted by Gasteiger charge is 2.27. The van der Waals surface area contributed by atoms with Gasteiger partial charge in [-0.25, -0.2) is 0 Å². The normalized spacial score (nSPS) is 16.3. The number of carbonyl (C=O) groups is 3. The Morgan fingerprint density at radius 3 is 2.19 bits per heavy atom. The van der Waals surface area contributed by atoms with Crippen LogP contribution in [0.5, 0.6) is 17.2 Å². The first-order chi connectivity index (χ1) is 12.9. The van der Waals surface area contributed by atoms with Crippen LogP contribution in [0.15, 0.2) is 12.1 Å². The third-order valence-electron chi connectivity index (χ3n) is 4.46. The minimum Gasteiger partial charge on any atom is -0.493 e. The molecule has 2 N–H and O–H groups in total. The molecule has 0 spiro atoms. The molecule has 1 aromatic carbocycles. The van der Waals surface area contributed by atoms with Gasteiger partial charge >= 0.3 is 0 Å². The number of hydrogen-bond donors (Lipinski definition) is 2. The van der Waals surface area contributed by atoms with Crippen LogP contribution in [0.25, 0.3) is 0 Å². The number of hydrazine groups is 1. The molecule has 148 valence electrons. The fourth-order valence-corrected chi connectivity index (χ4v) is 2.98. The van der Waals surface area contributed by atoms with Crippen molar-refractivity contribution in [3.8, 4) is 17.2 Å². The molecule has 2 rings (SSSR count). The van der Waals surface area contributed by atoms with E-state index in [1.165, 1.54) is 40.4 Å². The number of piperidine rings is 1. The zero-order valence-electron chi connectivity index (χ0n) is 16.0. The minimum atomic E-state index is -0.526. The van der Waals surface area contributed by atoms with Crippen LogP contribution >= 0.6 is 0 Å². The molecule has 1 fully saturated rings. The molecule has 0 bridgehead atoms. The van der Waals surface area contributed by atoms with E-state index in [4.69, 9.17) is 14.2 Å². The molecule has 0 radical (unpaired) electrons. The van der Waals surface area contributed by atoms with E-state index < -0.39 is 5.91 Å². The summed E-state index contributed by atoms with van der Waals surface area (Å²) < 4.78 is 15.6. The molecule has 1 aromatic rings. The molecule has 27 heavy (non-hydrogen) atoms. The number of nitrogens with one attached hydrogen (secondary N) is 2. The topological polar surface area (TPSA) is 106 Å². The van der Waals surface area contributed by atoms with Crippen molar-refractivity contribution in [3.63, 3.8) is 0 Å². The van der Waals surface area contributed by atoms with E-state index in [9.17, 15) is 14.4 Å². The second-order valence-electron chi connectivity index (χ2n) is 6.16. The molecule has 3 amide bonds. The van der Waals surface area contributed by atoms with E-state index in [1.54, 1.807) is 4.90 Å². The van der Waals surface area contributed by atoms with Gasteiger partial charge in [0.25, 0.3) is 5.91 Å². The van der Waals surface area contributed by atoms with Crippen molar-refractivity contribution in [3.05, 3.63) is 17.7 Å². The zero-order valence-corrected chi connectivity index (χ0v) is 16.0. The lowest BCUT2D eigenvalue weighted by Crippen LogP contribution is -2.49. The lowest BCUT2D eigenvalue weighted by molar-refractivity contribution is -0.134. The Morgan fingerprint density at radius 2 is 1.67 bits per heavy atom. The van der Waals surface area contributed by atoms with Crippen LogP contribution in [0.1, 0.15) is 30.1 Å². The van der Waals surface area contributed by atoms with Gasteiger partial charge in [0, 0.05) is 25.6 Å². The van der Waals surface area contributed by atoms with Crippen molar-refractivity contribution in [1.29, 1.82) is 0 Å². The van der Waals surface area contributed by atoms with Gasteiger partial charge in [-0.3, -0.25) is 25.2 Å². The van der Waals surface area contributed by atoms with Gasteiger partial charge < -0.3 is 19.1 Å². The number of likely N-dealkylation sites (tertiary alicyclic amines) is 1. The summed E-state index contributed by atoms with van der Waals surface area (Å²) in [7, 11) is 4.37. The van der Waals surface area contributed by atoms with E-state index >= 15 is 0 Å². The summed E-state index contributed by atoms with van der Waals surface area (Å²) in [5.41, 5.74) is 5.05. The zero-order chi connectivity index (χ0) is 20.0. The first-order valence-electron chi connectivity index (χ1n) is 8.57. The van der Waals surface area contributed by atoms with Gasteiger partial charge in [-0.2, -0.15) is 0 Å². The predicted octanol–water partition coefficient (Wildman–Crippen LogP) is 0.732. The first kappa shape index (κ1) is 20.3. The Labute approximate surface area is 157 Å². The highest BCUT2D eigenvalue weighted by Crippen LogP contribution is 2.38. The van der Waals surface area contributed by atoms with E-state index in [0.29, 0.717) is 36.8 Å². The van der Waals surface area contributed by atoms with E-state index in [1.807, 2.05) is 0 Å². The fourth-order valence-electron chi connectivity index (χ4n) is 2.98. The SMILES string of the molecule is COc1cc(C(=O)NNC(=O)[C@H]2CCCN(C(C)=O)C2)cc(OC)c1OC. The summed E-state index contributed by atoms with van der Waals surface area (Å²) in [6.45, 7) is 2.48. The Hall–Kier alpha value is -2.97. The molecular weight excluding hydrogens is 354 g/mol. The summed E-state index contributed by atoms with van der Waals surface area (Å²) in [6, 6.07) is 2.97. The van der Waals surface area contributed by atoms with Gasteiger partial charge in [-0.15, -0.1) is 0 Å². The lowest BCUT2D eigenvalue weighted by atomic mass is 9.97. The van der Waals surface area contributed by atoms with Crippen molar-refractivity contribution in [1.82, 2.24) is 15.8 Å². The number of ether oxygens (including phenoxy) is 3. The smallest absolute Gasteiger partial charge is 0.269 e. The molecule has 9 heteroatoms. The van der Waals surface area contributed by atoms with Crippen LogP contribution in [0.3, 0.4) is 0 Å². The molecule has 0 saturated carbocycles. The Bertz CT molecular complexity index is 696. The van der Waals surface area contributed by atoms with Crippen molar-refractivity contribution in [2.75, 3.05) is 34.4 Å². The van der Waals surface area contributed by atoms with Crippen molar-refractivity contribution >= 4 is 17.7 Å². The van der Waals surface area contributed by atoms with Crippen LogP contribution in [-0.2, 0) is 9.59 Å². The molecule has 0 unspecified atom stereocenters. The number of methoxy groups -OCH3 is 3. The van der Waals surface area contributed by atoms with E-state index in [0.717, 1.165) is 6.42 Å². The molecule has 1 aliphatic heterocycles. The highest BCUT2D eigenvalue weighted by atomic mass is 16.5. The molecule has 1 aliphatic rings. The van der Waals surface area contributed by atoms with E-state index in [2.05, 4.69) is 10.9 Å². The van der Waals surface area contributed by atoms with Gasteiger partial charge in [-0.05, 0) is 25.0 Å². The largest absolute Gasteiger partial charge is 0.493 e. The summed E-state index contributed by atoms with van der Waals surface area (Å²) in [5.74, 6) is -0.247. The molecule has 1 heterocycles. The number of hydrogen-bond acceptors (Lipinski definition) is 6. The Morgan fingerprint density at radius 1 is 1.04 bits per heavy atom. The summed E-state index contributed by atoms with van der Waals surface area (Å²) >= 11 is 0. The van der Waals surface area contributed by atoms with Gasteiger partial charge in [0.15, 0.2) is 11.5 Å². The van der Waals surface area contributed by atoms with Gasteiger partial charge in [0.1, 0.15) is 0 Å². The third kappa shape index (κ3) is 4.81. The maximum atomic E-state index is 12.4. The summed E-state index contributed by atoms with van der Waals surface area (Å²) in [5, 5.41) is 0. The average molecular weight is 379 g/mol. The molecule has 0 aliphatic carbocycles. The Balaban J connectivity index is 2.03. The van der Waals surface area contributed by atoms with E-state index in [-0.39, 0.29) is 23.3 Å². The predicted molar refractivity (Wildman–Crippen MR) is 96.7 cm³/mol. The minimum absolute atomic E-state index is 0.0611. The van der Waals surface area contributed by atoms with Crippen LogP contribution < -0.4 is 25.1 Å². The summed E-state index contributed by atoms with van der Waals surface area (Å²) in [6.07, 6.45) is 1.41. The second kappa shape index (κ2) is 9.11. The maximum Gasteiger partial charge on any atom is 0.269 e. The molecule has 1 saturated heterocycles. The van der Waals surface area contributed by atoms with Crippen LogP contribution in [0.4, 0.5) is 0 Å². The van der Waals surface area contributed by atoms with Crippen molar-refractivity contribution in [2.45, 2.75) is 19.8 Å². The number of carbonyl (C=O) groups excluding carboxylic acids is 3. The lowest BCUT2D eigenvalue weighted by Gasteiger charge is -2.31. The highest BCUT2D eigenvalue weighted by molar-refractivity contribution is 5.97. The molecule has 1 atom stereocenters. The van der Waals surface area contributed by atoms with Crippen molar-refractivity contribution in [2.24, 2.45) is 5.92 Å². The number of benzene rings is 1. The van der Waals surface area contributed by atoms with Gasteiger partial charge in [0.05, 0.1) is 27.2 Å². The number of amides is 3. The average Bonchev–Trinajstić information content (AvgIpc) is 2.70. The number of rotatable bonds is 5. The first-order valence-corrected chi connectivity index (χ1v) is 8.57.